The molecule has 0 aromatic heterocycles. The minimum Gasteiger partial charge on any atom is -0.387 e. The van der Waals surface area contributed by atoms with Gasteiger partial charge in [-0.2, -0.15) is 0 Å². The van der Waals surface area contributed by atoms with Crippen LogP contribution in [0.4, 0.5) is 4.79 Å². The summed E-state index contributed by atoms with van der Waals surface area (Å²) >= 11 is 0. The summed E-state index contributed by atoms with van der Waals surface area (Å²) in [5.41, 5.74) is 0.919. The lowest BCUT2D eigenvalue weighted by Gasteiger charge is -2.35. The van der Waals surface area contributed by atoms with Crippen LogP contribution in [0.1, 0.15) is 25.0 Å². The molecule has 1 aliphatic rings. The van der Waals surface area contributed by atoms with E-state index in [1.54, 1.807) is 0 Å². The third kappa shape index (κ3) is 6.81. The number of aliphatic hydroxyl groups excluding tert-OH is 1. The second kappa shape index (κ2) is 10.1. The van der Waals surface area contributed by atoms with Crippen LogP contribution >= 0.6 is 0 Å². The number of nitrogens with zero attached hydrogens (tertiary/aromatic N) is 2. The van der Waals surface area contributed by atoms with Crippen molar-refractivity contribution in [2.75, 3.05) is 45.8 Å². The molecule has 0 spiro atoms. The Bertz CT molecular complexity index is 545. The molecule has 0 radical (unpaired) electrons. The van der Waals surface area contributed by atoms with Crippen molar-refractivity contribution in [3.8, 4) is 0 Å². The minimum atomic E-state index is -0.502. The fourth-order valence-corrected chi connectivity index (χ4v) is 2.81. The molecular formula is C18H28N4O3. The van der Waals surface area contributed by atoms with E-state index in [2.05, 4.69) is 15.5 Å². The SMILES string of the molecule is CCCNC(=O)NC(=O)CN1CCN(C[C@@H](O)c2ccccc2)CC1. The van der Waals surface area contributed by atoms with E-state index in [0.717, 1.165) is 38.2 Å². The highest BCUT2D eigenvalue weighted by Crippen LogP contribution is 2.14. The number of urea groups is 1. The molecule has 1 heterocycles. The molecule has 0 bridgehead atoms. The normalized spacial score (nSPS) is 17.0. The third-order valence-corrected chi connectivity index (χ3v) is 4.24. The van der Waals surface area contributed by atoms with E-state index >= 15 is 0 Å². The Labute approximate surface area is 149 Å². The molecule has 138 valence electrons. The van der Waals surface area contributed by atoms with E-state index in [9.17, 15) is 14.7 Å². The topological polar surface area (TPSA) is 84.9 Å². The summed E-state index contributed by atoms with van der Waals surface area (Å²) in [7, 11) is 0. The first kappa shape index (κ1) is 19.4. The van der Waals surface area contributed by atoms with E-state index in [0.29, 0.717) is 13.1 Å². The number of aliphatic hydroxyl groups is 1. The van der Waals surface area contributed by atoms with Crippen LogP contribution in [0, 0.1) is 0 Å². The Morgan fingerprint density at radius 2 is 1.76 bits per heavy atom. The lowest BCUT2D eigenvalue weighted by atomic mass is 10.1. The molecule has 3 N–H and O–H groups in total. The van der Waals surface area contributed by atoms with E-state index in [1.165, 1.54) is 0 Å². The number of piperazine rings is 1. The van der Waals surface area contributed by atoms with Crippen LogP contribution in [0.15, 0.2) is 30.3 Å². The molecule has 0 unspecified atom stereocenters. The highest BCUT2D eigenvalue weighted by Gasteiger charge is 2.21. The predicted octanol–water partition coefficient (Wildman–Crippen LogP) is 0.573. The number of carbonyl (C=O) groups is 2. The zero-order chi connectivity index (χ0) is 18.1. The van der Waals surface area contributed by atoms with Crippen molar-refractivity contribution in [2.24, 2.45) is 0 Å². The van der Waals surface area contributed by atoms with Gasteiger partial charge < -0.3 is 10.4 Å². The number of β-amino-alcohol motifs (C(OH)–C–C–N with tert-alkyl or cyclic N) is 1. The zero-order valence-electron chi connectivity index (χ0n) is 14.8. The van der Waals surface area contributed by atoms with Crippen LogP contribution in [0.5, 0.6) is 0 Å². The second-order valence-electron chi connectivity index (χ2n) is 6.31. The smallest absolute Gasteiger partial charge is 0.321 e. The summed E-state index contributed by atoms with van der Waals surface area (Å²) in [6, 6.07) is 9.19. The highest BCUT2D eigenvalue weighted by molar-refractivity contribution is 5.95. The van der Waals surface area contributed by atoms with Gasteiger partial charge in [-0.1, -0.05) is 37.3 Å². The summed E-state index contributed by atoms with van der Waals surface area (Å²) in [5, 5.41) is 15.3. The molecule has 1 aromatic carbocycles. The molecule has 7 nitrogen and oxygen atoms in total. The van der Waals surface area contributed by atoms with Crippen LogP contribution in [0.3, 0.4) is 0 Å². The molecule has 1 fully saturated rings. The Morgan fingerprint density at radius 3 is 2.40 bits per heavy atom. The highest BCUT2D eigenvalue weighted by atomic mass is 16.3. The Morgan fingerprint density at radius 1 is 1.12 bits per heavy atom. The van der Waals surface area contributed by atoms with Crippen molar-refractivity contribution in [3.05, 3.63) is 35.9 Å². The van der Waals surface area contributed by atoms with E-state index in [4.69, 9.17) is 0 Å². The van der Waals surface area contributed by atoms with Gasteiger partial charge in [0.25, 0.3) is 0 Å². The number of hydrogen-bond acceptors (Lipinski definition) is 5. The Kier molecular flexibility index (Phi) is 7.84. The van der Waals surface area contributed by atoms with Crippen LogP contribution in [0.25, 0.3) is 0 Å². The largest absolute Gasteiger partial charge is 0.387 e. The van der Waals surface area contributed by atoms with Crippen LogP contribution in [0.2, 0.25) is 0 Å². The van der Waals surface area contributed by atoms with Gasteiger partial charge in [0.05, 0.1) is 12.6 Å². The van der Waals surface area contributed by atoms with Gasteiger partial charge in [-0.05, 0) is 12.0 Å². The molecule has 2 rings (SSSR count). The van der Waals surface area contributed by atoms with Crippen LogP contribution < -0.4 is 10.6 Å². The van der Waals surface area contributed by atoms with Crippen molar-refractivity contribution < 1.29 is 14.7 Å². The number of nitrogens with one attached hydrogen (secondary N) is 2. The second-order valence-corrected chi connectivity index (χ2v) is 6.31. The molecule has 1 saturated heterocycles. The summed E-state index contributed by atoms with van der Waals surface area (Å²) in [4.78, 5) is 27.5. The van der Waals surface area contributed by atoms with Gasteiger partial charge in [-0.3, -0.25) is 19.9 Å². The monoisotopic (exact) mass is 348 g/mol. The maximum absolute atomic E-state index is 11.9. The van der Waals surface area contributed by atoms with Crippen molar-refractivity contribution in [1.82, 2.24) is 20.4 Å². The number of imide groups is 1. The molecule has 3 amide bonds. The van der Waals surface area contributed by atoms with Crippen LogP contribution in [-0.2, 0) is 4.79 Å². The van der Waals surface area contributed by atoms with Crippen molar-refractivity contribution in [1.29, 1.82) is 0 Å². The fourth-order valence-electron chi connectivity index (χ4n) is 2.81. The van der Waals surface area contributed by atoms with Crippen molar-refractivity contribution in [2.45, 2.75) is 19.4 Å². The first-order valence-corrected chi connectivity index (χ1v) is 8.84. The third-order valence-electron chi connectivity index (χ3n) is 4.24. The zero-order valence-corrected chi connectivity index (χ0v) is 14.8. The molecule has 25 heavy (non-hydrogen) atoms. The summed E-state index contributed by atoms with van der Waals surface area (Å²) in [6.07, 6.45) is 0.330. The fraction of sp³-hybridized carbons (Fsp3) is 0.556. The van der Waals surface area contributed by atoms with Gasteiger partial charge in [0.1, 0.15) is 0 Å². The molecule has 0 saturated carbocycles. The van der Waals surface area contributed by atoms with Gasteiger partial charge >= 0.3 is 6.03 Å². The quantitative estimate of drug-likeness (QED) is 0.671. The van der Waals surface area contributed by atoms with Gasteiger partial charge in [0.15, 0.2) is 0 Å². The maximum Gasteiger partial charge on any atom is 0.321 e. The lowest BCUT2D eigenvalue weighted by Crippen LogP contribution is -2.51. The number of amides is 3. The van der Waals surface area contributed by atoms with E-state index in [1.807, 2.05) is 42.2 Å². The molecule has 0 aliphatic carbocycles. The average molecular weight is 348 g/mol. The maximum atomic E-state index is 11.9. The Hall–Kier alpha value is -1.96. The first-order chi connectivity index (χ1) is 12.1. The van der Waals surface area contributed by atoms with E-state index in [-0.39, 0.29) is 12.5 Å². The first-order valence-electron chi connectivity index (χ1n) is 8.84. The van der Waals surface area contributed by atoms with E-state index < -0.39 is 12.1 Å². The van der Waals surface area contributed by atoms with Gasteiger partial charge in [0, 0.05) is 39.3 Å². The lowest BCUT2D eigenvalue weighted by molar-refractivity contribution is -0.121. The summed E-state index contributed by atoms with van der Waals surface area (Å²) in [5.74, 6) is -0.286. The van der Waals surface area contributed by atoms with Crippen LogP contribution in [-0.4, -0.2) is 72.7 Å². The number of hydrogen-bond donors (Lipinski definition) is 3. The molecule has 1 aromatic rings. The Balaban J connectivity index is 1.67. The number of benzene rings is 1. The summed E-state index contributed by atoms with van der Waals surface area (Å²) in [6.45, 7) is 6.38. The van der Waals surface area contributed by atoms with Gasteiger partial charge in [-0.15, -0.1) is 0 Å². The van der Waals surface area contributed by atoms with Gasteiger partial charge in [0.2, 0.25) is 5.91 Å². The minimum absolute atomic E-state index is 0.217. The molecule has 1 aliphatic heterocycles. The van der Waals surface area contributed by atoms with Gasteiger partial charge in [-0.25, -0.2) is 4.79 Å². The summed E-state index contributed by atoms with van der Waals surface area (Å²) < 4.78 is 0. The predicted molar refractivity (Wildman–Crippen MR) is 96.1 cm³/mol. The molecule has 7 heteroatoms. The number of carbonyl (C=O) groups excluding carboxylic acids is 2. The van der Waals surface area contributed by atoms with Crippen molar-refractivity contribution >= 4 is 11.9 Å². The van der Waals surface area contributed by atoms with Crippen molar-refractivity contribution in [3.63, 3.8) is 0 Å². The molecule has 1 atom stereocenters. The number of rotatable bonds is 7. The molecular weight excluding hydrogens is 320 g/mol. The standard InChI is InChI=1S/C18H28N4O3/c1-2-8-19-18(25)20-17(24)14-22-11-9-21(10-12-22)13-16(23)15-6-4-3-5-7-15/h3-7,16,23H,2,8-14H2,1H3,(H2,19,20,24,25)/t16-/m1/s1. The average Bonchev–Trinajstić information content (AvgIpc) is 2.62.